The molecule has 3 rings (SSSR count). The van der Waals surface area contributed by atoms with Gasteiger partial charge in [0.05, 0.1) is 17.3 Å². The first-order chi connectivity index (χ1) is 13.4. The second-order valence-corrected chi connectivity index (χ2v) is 6.11. The number of benzene rings is 2. The fourth-order valence-electron chi connectivity index (χ4n) is 2.79. The molecule has 5 nitrogen and oxygen atoms in total. The van der Waals surface area contributed by atoms with Crippen LogP contribution in [0.15, 0.2) is 59.4 Å². The van der Waals surface area contributed by atoms with Crippen LogP contribution in [-0.4, -0.2) is 10.5 Å². The summed E-state index contributed by atoms with van der Waals surface area (Å²) in [5, 5.41) is 11.5. The fraction of sp³-hybridized carbons (Fsp3) is 0.0952. The number of nitrogens with one attached hydrogen (secondary N) is 1. The first-order valence-corrected chi connectivity index (χ1v) is 8.36. The normalized spacial score (nSPS) is 10.4. The molecule has 0 saturated heterocycles. The number of hydrogen-bond donors (Lipinski definition) is 1. The van der Waals surface area contributed by atoms with Gasteiger partial charge in [0.1, 0.15) is 17.2 Å². The van der Waals surface area contributed by atoms with Crippen molar-refractivity contribution in [3.63, 3.8) is 0 Å². The van der Waals surface area contributed by atoms with Crippen molar-refractivity contribution < 1.29 is 13.6 Å². The van der Waals surface area contributed by atoms with Crippen molar-refractivity contribution >= 4 is 5.91 Å². The number of amides is 1. The van der Waals surface area contributed by atoms with Gasteiger partial charge in [-0.15, -0.1) is 0 Å². The highest BCUT2D eigenvalue weighted by molar-refractivity contribution is 5.93. The molecule has 1 amide bonds. The van der Waals surface area contributed by atoms with Gasteiger partial charge in [-0.25, -0.2) is 8.78 Å². The number of nitriles is 1. The van der Waals surface area contributed by atoms with Gasteiger partial charge >= 0.3 is 0 Å². The Balaban J connectivity index is 1.92. The predicted molar refractivity (Wildman–Crippen MR) is 99.0 cm³/mol. The van der Waals surface area contributed by atoms with E-state index in [1.54, 1.807) is 31.2 Å². The molecule has 1 heterocycles. The van der Waals surface area contributed by atoms with Crippen molar-refractivity contribution in [2.75, 3.05) is 0 Å². The molecule has 0 fully saturated rings. The van der Waals surface area contributed by atoms with Gasteiger partial charge in [-0.05, 0) is 55.5 Å². The minimum absolute atomic E-state index is 0.0255. The lowest BCUT2D eigenvalue weighted by Crippen LogP contribution is -2.33. The van der Waals surface area contributed by atoms with Gasteiger partial charge < -0.3 is 5.32 Å². The summed E-state index contributed by atoms with van der Waals surface area (Å²) in [5.74, 6) is -1.99. The molecule has 140 valence electrons. The number of carbonyl (C=O) groups is 1. The predicted octanol–water partition coefficient (Wildman–Crippen LogP) is 3.23. The van der Waals surface area contributed by atoms with E-state index in [1.165, 1.54) is 16.7 Å². The van der Waals surface area contributed by atoms with E-state index in [1.807, 2.05) is 6.07 Å². The van der Waals surface area contributed by atoms with Crippen molar-refractivity contribution in [3.8, 4) is 11.8 Å². The summed E-state index contributed by atoms with van der Waals surface area (Å²) in [6.45, 7) is 1.43. The SMILES string of the molecule is Cc1ccc(C(=O)NCc2cc(F)ccc2F)c(=O)n1-c1cccc(C#N)c1. The second kappa shape index (κ2) is 7.84. The van der Waals surface area contributed by atoms with E-state index in [9.17, 15) is 18.4 Å². The number of carbonyl (C=O) groups excluding carboxylic acids is 1. The summed E-state index contributed by atoms with van der Waals surface area (Å²) in [6.07, 6.45) is 0. The minimum atomic E-state index is -0.709. The Bertz CT molecular complexity index is 1160. The van der Waals surface area contributed by atoms with Crippen LogP contribution in [0, 0.1) is 29.9 Å². The Labute approximate surface area is 159 Å². The van der Waals surface area contributed by atoms with Gasteiger partial charge in [-0.2, -0.15) is 5.26 Å². The third kappa shape index (κ3) is 3.81. The minimum Gasteiger partial charge on any atom is -0.348 e. The first kappa shape index (κ1) is 19.0. The molecule has 1 N–H and O–H groups in total. The van der Waals surface area contributed by atoms with Gasteiger partial charge in [0.15, 0.2) is 0 Å². The van der Waals surface area contributed by atoms with E-state index >= 15 is 0 Å². The van der Waals surface area contributed by atoms with E-state index in [-0.39, 0.29) is 17.7 Å². The molecule has 0 saturated carbocycles. The number of halogens is 2. The molecular formula is C21H15F2N3O2. The third-order valence-electron chi connectivity index (χ3n) is 4.20. The molecule has 7 heteroatoms. The Morgan fingerprint density at radius 2 is 1.93 bits per heavy atom. The summed E-state index contributed by atoms with van der Waals surface area (Å²) < 4.78 is 28.3. The highest BCUT2D eigenvalue weighted by Crippen LogP contribution is 2.12. The molecule has 3 aromatic rings. The van der Waals surface area contributed by atoms with Crippen molar-refractivity contribution in [1.29, 1.82) is 5.26 Å². The van der Waals surface area contributed by atoms with Crippen LogP contribution in [0.4, 0.5) is 8.78 Å². The molecule has 0 aliphatic carbocycles. The van der Waals surface area contributed by atoms with Crippen LogP contribution in [-0.2, 0) is 6.54 Å². The summed E-state index contributed by atoms with van der Waals surface area (Å²) in [6, 6.07) is 14.3. The van der Waals surface area contributed by atoms with E-state index in [0.29, 0.717) is 16.9 Å². The summed E-state index contributed by atoms with van der Waals surface area (Å²) in [4.78, 5) is 25.3. The standard InChI is InChI=1S/C21H15F2N3O2/c1-13-5-7-18(20(27)25-12-15-10-16(22)6-8-19(15)23)21(28)26(13)17-4-2-3-14(9-17)11-24/h2-10H,12H2,1H3,(H,25,27). The zero-order valence-corrected chi connectivity index (χ0v) is 14.9. The van der Waals surface area contributed by atoms with E-state index in [4.69, 9.17) is 5.26 Å². The molecule has 0 bridgehead atoms. The molecule has 0 aliphatic rings. The largest absolute Gasteiger partial charge is 0.348 e. The second-order valence-electron chi connectivity index (χ2n) is 6.11. The molecule has 28 heavy (non-hydrogen) atoms. The Kier molecular flexibility index (Phi) is 5.32. The Morgan fingerprint density at radius 1 is 1.14 bits per heavy atom. The molecule has 0 radical (unpaired) electrons. The van der Waals surface area contributed by atoms with Crippen molar-refractivity contribution in [2.24, 2.45) is 0 Å². The lowest BCUT2D eigenvalue weighted by Gasteiger charge is -2.12. The van der Waals surface area contributed by atoms with Gasteiger partial charge in [0, 0.05) is 17.8 Å². The first-order valence-electron chi connectivity index (χ1n) is 8.36. The summed E-state index contributed by atoms with van der Waals surface area (Å²) in [5.41, 5.74) is 0.653. The number of pyridine rings is 1. The van der Waals surface area contributed by atoms with E-state index in [2.05, 4.69) is 5.32 Å². The van der Waals surface area contributed by atoms with Crippen LogP contribution < -0.4 is 10.9 Å². The maximum absolute atomic E-state index is 13.7. The third-order valence-corrected chi connectivity index (χ3v) is 4.20. The van der Waals surface area contributed by atoms with Crippen LogP contribution in [0.2, 0.25) is 0 Å². The van der Waals surface area contributed by atoms with Crippen LogP contribution in [0.3, 0.4) is 0 Å². The van der Waals surface area contributed by atoms with Gasteiger partial charge in [0.25, 0.3) is 11.5 Å². The molecule has 0 spiro atoms. The van der Waals surface area contributed by atoms with Crippen LogP contribution in [0.1, 0.15) is 27.2 Å². The van der Waals surface area contributed by atoms with E-state index < -0.39 is 23.1 Å². The molecule has 0 unspecified atom stereocenters. The molecule has 2 aromatic carbocycles. The topological polar surface area (TPSA) is 74.9 Å². The van der Waals surface area contributed by atoms with E-state index in [0.717, 1.165) is 18.2 Å². The molecule has 0 aliphatic heterocycles. The van der Waals surface area contributed by atoms with Gasteiger partial charge in [-0.1, -0.05) is 6.07 Å². The smallest absolute Gasteiger partial charge is 0.268 e. The zero-order chi connectivity index (χ0) is 20.3. The van der Waals surface area contributed by atoms with Crippen molar-refractivity contribution in [1.82, 2.24) is 9.88 Å². The number of nitrogens with zero attached hydrogens (tertiary/aromatic N) is 2. The van der Waals surface area contributed by atoms with Gasteiger partial charge in [-0.3, -0.25) is 14.2 Å². The average molecular weight is 379 g/mol. The fourth-order valence-corrected chi connectivity index (χ4v) is 2.79. The maximum atomic E-state index is 13.7. The Hall–Kier alpha value is -3.79. The number of rotatable bonds is 4. The van der Waals surface area contributed by atoms with Gasteiger partial charge in [0.2, 0.25) is 0 Å². The Morgan fingerprint density at radius 3 is 2.68 bits per heavy atom. The maximum Gasteiger partial charge on any atom is 0.268 e. The summed E-state index contributed by atoms with van der Waals surface area (Å²) in [7, 11) is 0. The van der Waals surface area contributed by atoms with Crippen LogP contribution >= 0.6 is 0 Å². The lowest BCUT2D eigenvalue weighted by molar-refractivity contribution is 0.0948. The highest BCUT2D eigenvalue weighted by atomic mass is 19.1. The van der Waals surface area contributed by atoms with Crippen LogP contribution in [0.5, 0.6) is 0 Å². The number of aryl methyl sites for hydroxylation is 1. The zero-order valence-electron chi connectivity index (χ0n) is 14.9. The number of aromatic nitrogens is 1. The monoisotopic (exact) mass is 379 g/mol. The van der Waals surface area contributed by atoms with Crippen molar-refractivity contribution in [3.05, 3.63) is 99.0 Å². The summed E-state index contributed by atoms with van der Waals surface area (Å²) >= 11 is 0. The molecular weight excluding hydrogens is 364 g/mol. The lowest BCUT2D eigenvalue weighted by atomic mass is 10.1. The quantitative estimate of drug-likeness (QED) is 0.756. The number of hydrogen-bond acceptors (Lipinski definition) is 3. The molecule has 1 aromatic heterocycles. The van der Waals surface area contributed by atoms with Crippen LogP contribution in [0.25, 0.3) is 5.69 Å². The van der Waals surface area contributed by atoms with Crippen molar-refractivity contribution in [2.45, 2.75) is 13.5 Å². The average Bonchev–Trinajstić information content (AvgIpc) is 2.68. The molecule has 0 atom stereocenters. The highest BCUT2D eigenvalue weighted by Gasteiger charge is 2.16.